The van der Waals surface area contributed by atoms with Gasteiger partial charge in [0.25, 0.3) is 0 Å². The van der Waals surface area contributed by atoms with E-state index in [4.69, 9.17) is 4.52 Å². The predicted octanol–water partition coefficient (Wildman–Crippen LogP) is 1.94. The summed E-state index contributed by atoms with van der Waals surface area (Å²) >= 11 is 0. The van der Waals surface area contributed by atoms with Gasteiger partial charge in [-0.3, -0.25) is 4.90 Å². The summed E-state index contributed by atoms with van der Waals surface area (Å²) < 4.78 is 5.45. The standard InChI is InChI=1S/C16H22N4O/c1-12-3-5-14(6-4-12)11-15-18-16(21-19-15)13(2)20-9-7-17-8-10-20/h3-6,13,17H,7-11H2,1-2H3. The van der Waals surface area contributed by atoms with E-state index in [-0.39, 0.29) is 6.04 Å². The zero-order valence-corrected chi connectivity index (χ0v) is 12.7. The molecule has 1 aliphatic rings. The first-order valence-electron chi connectivity index (χ1n) is 7.55. The summed E-state index contributed by atoms with van der Waals surface area (Å²) in [5.41, 5.74) is 2.47. The van der Waals surface area contributed by atoms with Gasteiger partial charge in [-0.05, 0) is 19.4 Å². The number of aromatic nitrogens is 2. The maximum absolute atomic E-state index is 5.45. The van der Waals surface area contributed by atoms with Crippen LogP contribution in [0.3, 0.4) is 0 Å². The van der Waals surface area contributed by atoms with Crippen molar-refractivity contribution in [3.05, 3.63) is 47.1 Å². The first kappa shape index (κ1) is 14.2. The number of benzene rings is 1. The minimum Gasteiger partial charge on any atom is -0.338 e. The van der Waals surface area contributed by atoms with E-state index in [0.29, 0.717) is 0 Å². The van der Waals surface area contributed by atoms with Gasteiger partial charge >= 0.3 is 0 Å². The van der Waals surface area contributed by atoms with E-state index in [2.05, 4.69) is 58.5 Å². The SMILES string of the molecule is Cc1ccc(Cc2noc(C(C)N3CCNCC3)n2)cc1. The van der Waals surface area contributed by atoms with Crippen LogP contribution >= 0.6 is 0 Å². The molecule has 112 valence electrons. The average Bonchev–Trinajstić information content (AvgIpc) is 2.98. The summed E-state index contributed by atoms with van der Waals surface area (Å²) in [6, 6.07) is 8.64. The first-order valence-corrected chi connectivity index (χ1v) is 7.55. The molecule has 0 spiro atoms. The lowest BCUT2D eigenvalue weighted by molar-refractivity contribution is 0.154. The number of hydrogen-bond donors (Lipinski definition) is 1. The van der Waals surface area contributed by atoms with Crippen LogP contribution in [-0.4, -0.2) is 41.2 Å². The summed E-state index contributed by atoms with van der Waals surface area (Å²) in [4.78, 5) is 6.94. The minimum atomic E-state index is 0.186. The van der Waals surface area contributed by atoms with Crippen molar-refractivity contribution < 1.29 is 4.52 Å². The number of piperazine rings is 1. The molecular weight excluding hydrogens is 264 g/mol. The molecule has 0 amide bonds. The van der Waals surface area contributed by atoms with E-state index >= 15 is 0 Å². The van der Waals surface area contributed by atoms with E-state index in [1.807, 2.05) is 0 Å². The molecule has 1 aromatic heterocycles. The Morgan fingerprint density at radius 1 is 1.24 bits per heavy atom. The van der Waals surface area contributed by atoms with Crippen LogP contribution < -0.4 is 5.32 Å². The largest absolute Gasteiger partial charge is 0.338 e. The van der Waals surface area contributed by atoms with Gasteiger partial charge in [0, 0.05) is 32.6 Å². The van der Waals surface area contributed by atoms with E-state index in [0.717, 1.165) is 44.3 Å². The number of nitrogens with zero attached hydrogens (tertiary/aromatic N) is 3. The second kappa shape index (κ2) is 6.37. The Balaban J connectivity index is 1.66. The molecule has 2 aromatic rings. The summed E-state index contributed by atoms with van der Waals surface area (Å²) in [5, 5.41) is 7.48. The zero-order chi connectivity index (χ0) is 14.7. The number of hydrogen-bond acceptors (Lipinski definition) is 5. The van der Waals surface area contributed by atoms with Crippen LogP contribution in [0.15, 0.2) is 28.8 Å². The van der Waals surface area contributed by atoms with Gasteiger partial charge in [-0.25, -0.2) is 0 Å². The smallest absolute Gasteiger partial charge is 0.243 e. The van der Waals surface area contributed by atoms with Gasteiger partial charge in [0.2, 0.25) is 5.89 Å². The van der Waals surface area contributed by atoms with Crippen LogP contribution in [0.5, 0.6) is 0 Å². The lowest BCUT2D eigenvalue weighted by atomic mass is 10.1. The van der Waals surface area contributed by atoms with Crippen LogP contribution in [0.2, 0.25) is 0 Å². The number of rotatable bonds is 4. The highest BCUT2D eigenvalue weighted by atomic mass is 16.5. The molecule has 1 aromatic carbocycles. The van der Waals surface area contributed by atoms with Crippen molar-refractivity contribution >= 4 is 0 Å². The van der Waals surface area contributed by atoms with Crippen molar-refractivity contribution in [1.82, 2.24) is 20.4 Å². The maximum Gasteiger partial charge on any atom is 0.243 e. The van der Waals surface area contributed by atoms with Crippen molar-refractivity contribution in [2.45, 2.75) is 26.3 Å². The molecule has 1 saturated heterocycles. The highest BCUT2D eigenvalue weighted by molar-refractivity contribution is 5.23. The molecule has 21 heavy (non-hydrogen) atoms. The zero-order valence-electron chi connectivity index (χ0n) is 12.7. The number of aryl methyl sites for hydroxylation is 1. The molecule has 1 aliphatic heterocycles. The molecule has 1 unspecified atom stereocenters. The van der Waals surface area contributed by atoms with Gasteiger partial charge in [-0.15, -0.1) is 0 Å². The Labute approximate surface area is 125 Å². The fourth-order valence-corrected chi connectivity index (χ4v) is 2.62. The quantitative estimate of drug-likeness (QED) is 0.931. The third kappa shape index (κ3) is 3.49. The minimum absolute atomic E-state index is 0.186. The third-order valence-electron chi connectivity index (χ3n) is 4.02. The van der Waals surface area contributed by atoms with Crippen molar-refractivity contribution in [2.75, 3.05) is 26.2 Å². The van der Waals surface area contributed by atoms with E-state index in [1.54, 1.807) is 0 Å². The molecule has 3 rings (SSSR count). The molecule has 1 atom stereocenters. The third-order valence-corrected chi connectivity index (χ3v) is 4.02. The summed E-state index contributed by atoms with van der Waals surface area (Å²) in [6.07, 6.45) is 0.720. The highest BCUT2D eigenvalue weighted by Gasteiger charge is 2.22. The van der Waals surface area contributed by atoms with Crippen LogP contribution in [0, 0.1) is 6.92 Å². The van der Waals surface area contributed by atoms with Crippen molar-refractivity contribution in [3.8, 4) is 0 Å². The molecule has 0 radical (unpaired) electrons. The van der Waals surface area contributed by atoms with Crippen LogP contribution in [-0.2, 0) is 6.42 Å². The van der Waals surface area contributed by atoms with Gasteiger partial charge in [-0.1, -0.05) is 35.0 Å². The Morgan fingerprint density at radius 2 is 1.95 bits per heavy atom. The van der Waals surface area contributed by atoms with Gasteiger partial charge in [0.15, 0.2) is 5.82 Å². The second-order valence-electron chi connectivity index (χ2n) is 5.67. The normalized spacial score (nSPS) is 17.8. The highest BCUT2D eigenvalue weighted by Crippen LogP contribution is 2.19. The molecule has 5 heteroatoms. The molecule has 0 saturated carbocycles. The van der Waals surface area contributed by atoms with E-state index in [9.17, 15) is 0 Å². The summed E-state index contributed by atoms with van der Waals surface area (Å²) in [6.45, 7) is 8.32. The molecule has 1 fully saturated rings. The number of nitrogens with one attached hydrogen (secondary N) is 1. The Morgan fingerprint density at radius 3 is 2.67 bits per heavy atom. The van der Waals surface area contributed by atoms with Gasteiger partial charge in [0.1, 0.15) is 0 Å². The Kier molecular flexibility index (Phi) is 4.31. The van der Waals surface area contributed by atoms with Crippen molar-refractivity contribution in [3.63, 3.8) is 0 Å². The molecular formula is C16H22N4O. The molecule has 2 heterocycles. The van der Waals surface area contributed by atoms with E-state index in [1.165, 1.54) is 11.1 Å². The van der Waals surface area contributed by atoms with Gasteiger partial charge < -0.3 is 9.84 Å². The van der Waals surface area contributed by atoms with Crippen LogP contribution in [0.25, 0.3) is 0 Å². The Bertz CT molecular complexity index is 572. The Hall–Kier alpha value is -1.72. The maximum atomic E-state index is 5.45. The van der Waals surface area contributed by atoms with Crippen LogP contribution in [0.4, 0.5) is 0 Å². The van der Waals surface area contributed by atoms with Crippen molar-refractivity contribution in [1.29, 1.82) is 0 Å². The lowest BCUT2D eigenvalue weighted by Crippen LogP contribution is -2.44. The topological polar surface area (TPSA) is 54.2 Å². The fraction of sp³-hybridized carbons (Fsp3) is 0.500. The fourth-order valence-electron chi connectivity index (χ4n) is 2.62. The van der Waals surface area contributed by atoms with Gasteiger partial charge in [-0.2, -0.15) is 4.98 Å². The summed E-state index contributed by atoms with van der Waals surface area (Å²) in [5.74, 6) is 1.48. The van der Waals surface area contributed by atoms with Gasteiger partial charge in [0.05, 0.1) is 6.04 Å². The summed E-state index contributed by atoms with van der Waals surface area (Å²) in [7, 11) is 0. The van der Waals surface area contributed by atoms with Crippen LogP contribution in [0.1, 0.15) is 35.8 Å². The second-order valence-corrected chi connectivity index (χ2v) is 5.67. The molecule has 5 nitrogen and oxygen atoms in total. The van der Waals surface area contributed by atoms with E-state index < -0.39 is 0 Å². The molecule has 0 bridgehead atoms. The average molecular weight is 286 g/mol. The van der Waals surface area contributed by atoms with Crippen molar-refractivity contribution in [2.24, 2.45) is 0 Å². The molecule has 1 N–H and O–H groups in total. The monoisotopic (exact) mass is 286 g/mol. The first-order chi connectivity index (χ1) is 10.2. The molecule has 0 aliphatic carbocycles. The predicted molar refractivity (Wildman–Crippen MR) is 81.1 cm³/mol. The lowest BCUT2D eigenvalue weighted by Gasteiger charge is -2.30.